The number of rotatable bonds is 8. The van der Waals surface area contributed by atoms with Gasteiger partial charge in [0, 0.05) is 31.7 Å². The first-order valence-corrected chi connectivity index (χ1v) is 12.4. The quantitative estimate of drug-likeness (QED) is 0.253. The van der Waals surface area contributed by atoms with E-state index < -0.39 is 17.7 Å². The van der Waals surface area contributed by atoms with E-state index in [4.69, 9.17) is 18.9 Å². The molecule has 9 nitrogen and oxygen atoms in total. The lowest BCUT2D eigenvalue weighted by molar-refractivity contribution is -0.140. The van der Waals surface area contributed by atoms with E-state index in [1.54, 1.807) is 41.3 Å². The summed E-state index contributed by atoms with van der Waals surface area (Å²) >= 11 is 0. The molecular weight excluding hydrogens is 476 g/mol. The Kier molecular flexibility index (Phi) is 7.43. The highest BCUT2D eigenvalue weighted by atomic mass is 16.6. The van der Waals surface area contributed by atoms with Crippen molar-refractivity contribution in [2.75, 3.05) is 59.2 Å². The predicted octanol–water partition coefficient (Wildman–Crippen LogP) is 2.78. The van der Waals surface area contributed by atoms with Gasteiger partial charge in [-0.3, -0.25) is 14.5 Å². The largest absolute Gasteiger partial charge is 0.507 e. The molecule has 1 unspecified atom stereocenters. The highest BCUT2D eigenvalue weighted by Crippen LogP contribution is 2.41. The van der Waals surface area contributed by atoms with E-state index in [9.17, 15) is 14.7 Å². The minimum Gasteiger partial charge on any atom is -0.507 e. The van der Waals surface area contributed by atoms with Crippen molar-refractivity contribution in [2.45, 2.75) is 6.04 Å². The fourth-order valence-corrected chi connectivity index (χ4v) is 4.78. The number of fused-ring (bicyclic) bond motifs is 1. The van der Waals surface area contributed by atoms with E-state index >= 15 is 0 Å². The van der Waals surface area contributed by atoms with Crippen molar-refractivity contribution >= 4 is 17.4 Å². The number of likely N-dealkylation sites (tertiary alicyclic amines) is 1. The summed E-state index contributed by atoms with van der Waals surface area (Å²) < 4.78 is 22.2. The SMILES string of the molecule is C=CCOc1ccc(C2C(=C(O)c3ccc4c(c3)OCCO4)C(=O)C(=O)N2CCN2CCOCC2)cc1. The van der Waals surface area contributed by atoms with Crippen molar-refractivity contribution < 1.29 is 33.6 Å². The molecule has 37 heavy (non-hydrogen) atoms. The fraction of sp³-hybridized carbons (Fsp3) is 0.357. The Morgan fingerprint density at radius 3 is 2.46 bits per heavy atom. The van der Waals surface area contributed by atoms with Gasteiger partial charge in [0.15, 0.2) is 11.5 Å². The number of aliphatic hydroxyl groups is 1. The normalized spacial score (nSPS) is 21.2. The number of hydrogen-bond acceptors (Lipinski definition) is 8. The molecule has 3 aliphatic heterocycles. The number of benzene rings is 2. The van der Waals surface area contributed by atoms with E-state index in [2.05, 4.69) is 11.5 Å². The summed E-state index contributed by atoms with van der Waals surface area (Å²) in [7, 11) is 0. The van der Waals surface area contributed by atoms with Crippen LogP contribution in [0.5, 0.6) is 17.2 Å². The monoisotopic (exact) mass is 506 g/mol. The molecule has 0 bridgehead atoms. The van der Waals surface area contributed by atoms with Gasteiger partial charge in [0.2, 0.25) is 0 Å². The zero-order chi connectivity index (χ0) is 25.8. The maximum absolute atomic E-state index is 13.3. The van der Waals surface area contributed by atoms with Gasteiger partial charge < -0.3 is 29.0 Å². The topological polar surface area (TPSA) is 97.8 Å². The summed E-state index contributed by atoms with van der Waals surface area (Å²) in [6.45, 7) is 8.59. The average Bonchev–Trinajstić information content (AvgIpc) is 3.20. The summed E-state index contributed by atoms with van der Waals surface area (Å²) in [5.74, 6) is 0.0927. The maximum Gasteiger partial charge on any atom is 0.295 e. The van der Waals surface area contributed by atoms with Gasteiger partial charge in [-0.05, 0) is 35.9 Å². The average molecular weight is 507 g/mol. The Bertz CT molecular complexity index is 1200. The van der Waals surface area contributed by atoms with Crippen LogP contribution >= 0.6 is 0 Å². The molecule has 194 valence electrons. The van der Waals surface area contributed by atoms with Gasteiger partial charge in [-0.15, -0.1) is 0 Å². The van der Waals surface area contributed by atoms with Crippen LogP contribution in [0.1, 0.15) is 17.2 Å². The van der Waals surface area contributed by atoms with Crippen molar-refractivity contribution in [1.29, 1.82) is 0 Å². The smallest absolute Gasteiger partial charge is 0.295 e. The molecular formula is C28H30N2O7. The molecule has 0 aliphatic carbocycles. The lowest BCUT2D eigenvalue weighted by atomic mass is 9.95. The zero-order valence-corrected chi connectivity index (χ0v) is 20.6. The maximum atomic E-state index is 13.3. The number of aliphatic hydroxyl groups excluding tert-OH is 1. The van der Waals surface area contributed by atoms with Crippen LogP contribution in [-0.4, -0.2) is 85.8 Å². The highest BCUT2D eigenvalue weighted by molar-refractivity contribution is 6.46. The standard InChI is InChI=1S/C28H30N2O7/c1-2-13-35-21-6-3-19(4-7-21)25-24(26(31)20-5-8-22-23(18-20)37-17-16-36-22)27(32)28(33)30(25)10-9-29-11-14-34-15-12-29/h2-8,18,25,31H,1,9-17H2. The number of hydrogen-bond donors (Lipinski definition) is 1. The molecule has 1 atom stereocenters. The molecule has 2 fully saturated rings. The van der Waals surface area contributed by atoms with E-state index in [0.29, 0.717) is 74.5 Å². The first-order chi connectivity index (χ1) is 18.1. The van der Waals surface area contributed by atoms with Crippen LogP contribution in [0.4, 0.5) is 0 Å². The Morgan fingerprint density at radius 1 is 1.00 bits per heavy atom. The molecule has 1 N–H and O–H groups in total. The van der Waals surface area contributed by atoms with E-state index in [-0.39, 0.29) is 11.3 Å². The van der Waals surface area contributed by atoms with Gasteiger partial charge in [0.25, 0.3) is 11.7 Å². The van der Waals surface area contributed by atoms with E-state index in [1.165, 1.54) is 0 Å². The molecule has 1 amide bonds. The van der Waals surface area contributed by atoms with Crippen LogP contribution in [0.15, 0.2) is 60.7 Å². The molecule has 0 aromatic heterocycles. The predicted molar refractivity (Wildman–Crippen MR) is 136 cm³/mol. The van der Waals surface area contributed by atoms with Gasteiger partial charge in [-0.25, -0.2) is 0 Å². The van der Waals surface area contributed by atoms with Gasteiger partial charge in [0.1, 0.15) is 31.3 Å². The molecule has 5 rings (SSSR count). The molecule has 3 aliphatic rings. The third kappa shape index (κ3) is 5.19. The molecule has 2 aromatic carbocycles. The number of carbonyl (C=O) groups excluding carboxylic acids is 2. The summed E-state index contributed by atoms with van der Waals surface area (Å²) in [4.78, 5) is 30.3. The molecule has 3 heterocycles. The van der Waals surface area contributed by atoms with Crippen LogP contribution < -0.4 is 14.2 Å². The Hall–Kier alpha value is -3.82. The third-order valence-electron chi connectivity index (χ3n) is 6.68. The van der Waals surface area contributed by atoms with Crippen molar-refractivity contribution in [3.63, 3.8) is 0 Å². The summed E-state index contributed by atoms with van der Waals surface area (Å²) in [5, 5.41) is 11.4. The fourth-order valence-electron chi connectivity index (χ4n) is 4.78. The second-order valence-corrected chi connectivity index (χ2v) is 8.97. The van der Waals surface area contributed by atoms with Gasteiger partial charge in [-0.2, -0.15) is 0 Å². The van der Waals surface area contributed by atoms with Gasteiger partial charge in [0.05, 0.1) is 24.8 Å². The zero-order valence-electron chi connectivity index (χ0n) is 20.6. The number of Topliss-reactive ketones (excluding diaryl/α,β-unsaturated/α-hetero) is 1. The molecule has 0 spiro atoms. The Balaban J connectivity index is 1.51. The number of nitrogens with zero attached hydrogens (tertiary/aromatic N) is 2. The summed E-state index contributed by atoms with van der Waals surface area (Å²) in [6.07, 6.45) is 1.65. The Morgan fingerprint density at radius 2 is 1.73 bits per heavy atom. The first-order valence-electron chi connectivity index (χ1n) is 12.4. The van der Waals surface area contributed by atoms with Crippen LogP contribution in [0.2, 0.25) is 0 Å². The lowest BCUT2D eigenvalue weighted by Gasteiger charge is -2.31. The van der Waals surface area contributed by atoms with Gasteiger partial charge >= 0.3 is 0 Å². The van der Waals surface area contributed by atoms with Crippen molar-refractivity contribution in [1.82, 2.24) is 9.80 Å². The number of morpholine rings is 1. The number of ketones is 1. The second kappa shape index (κ2) is 11.1. The third-order valence-corrected chi connectivity index (χ3v) is 6.68. The van der Waals surface area contributed by atoms with Crippen molar-refractivity contribution in [2.24, 2.45) is 0 Å². The minimum absolute atomic E-state index is 0.0448. The molecule has 0 radical (unpaired) electrons. The molecule has 9 heteroatoms. The molecule has 2 aromatic rings. The van der Waals surface area contributed by atoms with Crippen molar-refractivity contribution in [3.05, 3.63) is 71.8 Å². The van der Waals surface area contributed by atoms with Crippen LogP contribution in [0, 0.1) is 0 Å². The summed E-state index contributed by atoms with van der Waals surface area (Å²) in [6, 6.07) is 11.4. The van der Waals surface area contributed by atoms with Crippen LogP contribution in [-0.2, 0) is 14.3 Å². The van der Waals surface area contributed by atoms with E-state index in [0.717, 1.165) is 13.1 Å². The van der Waals surface area contributed by atoms with Gasteiger partial charge in [-0.1, -0.05) is 24.8 Å². The van der Waals surface area contributed by atoms with E-state index in [1.807, 2.05) is 12.1 Å². The second-order valence-electron chi connectivity index (χ2n) is 8.97. The van der Waals surface area contributed by atoms with Crippen molar-refractivity contribution in [3.8, 4) is 17.2 Å². The Labute approximate surface area is 215 Å². The number of amides is 1. The highest BCUT2D eigenvalue weighted by Gasteiger charge is 2.46. The number of carbonyl (C=O) groups is 2. The van der Waals surface area contributed by atoms with Crippen LogP contribution in [0.25, 0.3) is 5.76 Å². The lowest BCUT2D eigenvalue weighted by Crippen LogP contribution is -2.42. The molecule has 2 saturated heterocycles. The first kappa shape index (κ1) is 24.9. The minimum atomic E-state index is -0.748. The number of ether oxygens (including phenoxy) is 4. The van der Waals surface area contributed by atoms with Crippen LogP contribution in [0.3, 0.4) is 0 Å². The molecule has 0 saturated carbocycles. The summed E-state index contributed by atoms with van der Waals surface area (Å²) in [5.41, 5.74) is 1.13.